The summed E-state index contributed by atoms with van der Waals surface area (Å²) >= 11 is 0. The minimum absolute atomic E-state index is 0.0183. The summed E-state index contributed by atoms with van der Waals surface area (Å²) in [6.07, 6.45) is 4.44. The fraction of sp³-hybridized carbons (Fsp3) is 0.381. The lowest BCUT2D eigenvalue weighted by Crippen LogP contribution is -2.34. The highest BCUT2D eigenvalue weighted by Crippen LogP contribution is 2.30. The molecule has 3 aromatic rings. The number of aromatic nitrogens is 4. The minimum atomic E-state index is -3.89. The summed E-state index contributed by atoms with van der Waals surface area (Å²) in [6, 6.07) is 7.75. The van der Waals surface area contributed by atoms with Crippen molar-refractivity contribution in [3.63, 3.8) is 0 Å². The quantitative estimate of drug-likeness (QED) is 0.603. The van der Waals surface area contributed by atoms with E-state index < -0.39 is 10.0 Å². The number of nitrogens with one attached hydrogen (secondary N) is 2. The van der Waals surface area contributed by atoms with E-state index >= 15 is 0 Å². The average molecular weight is 443 g/mol. The van der Waals surface area contributed by atoms with Crippen molar-refractivity contribution in [1.29, 1.82) is 0 Å². The van der Waals surface area contributed by atoms with Crippen molar-refractivity contribution in [2.75, 3.05) is 17.8 Å². The lowest BCUT2D eigenvalue weighted by molar-refractivity contribution is 0.156. The molecule has 0 unspecified atom stereocenters. The van der Waals surface area contributed by atoms with Crippen LogP contribution in [0.15, 0.2) is 41.6 Å². The summed E-state index contributed by atoms with van der Waals surface area (Å²) < 4.78 is 35.6. The van der Waals surface area contributed by atoms with Gasteiger partial charge in [0.05, 0.1) is 11.9 Å². The molecule has 0 bridgehead atoms. The number of piperidine rings is 1. The molecule has 1 aliphatic rings. The Morgan fingerprint density at radius 2 is 1.87 bits per heavy atom. The third-order valence-electron chi connectivity index (χ3n) is 5.23. The number of nitrogens with zero attached hydrogens (tertiary/aromatic N) is 4. The molecule has 2 aromatic heterocycles. The minimum Gasteiger partial charge on any atom is -0.474 e. The van der Waals surface area contributed by atoms with Crippen LogP contribution < -0.4 is 14.8 Å². The van der Waals surface area contributed by atoms with Gasteiger partial charge in [0.25, 0.3) is 10.0 Å². The van der Waals surface area contributed by atoms with Gasteiger partial charge < -0.3 is 10.1 Å². The van der Waals surface area contributed by atoms with Crippen molar-refractivity contribution in [2.24, 2.45) is 7.05 Å². The highest BCUT2D eigenvalue weighted by atomic mass is 32.2. The van der Waals surface area contributed by atoms with Gasteiger partial charge in [-0.1, -0.05) is 18.2 Å². The molecule has 1 aromatic carbocycles. The first kappa shape index (κ1) is 21.3. The van der Waals surface area contributed by atoms with Crippen LogP contribution in [0.1, 0.15) is 24.0 Å². The number of rotatable bonds is 6. The Labute approximate surface area is 181 Å². The van der Waals surface area contributed by atoms with Gasteiger partial charge >= 0.3 is 0 Å². The summed E-state index contributed by atoms with van der Waals surface area (Å²) in [4.78, 5) is 8.91. The highest BCUT2D eigenvalue weighted by Gasteiger charge is 2.21. The lowest BCUT2D eigenvalue weighted by Gasteiger charge is -2.23. The van der Waals surface area contributed by atoms with Crippen molar-refractivity contribution in [1.82, 2.24) is 25.1 Å². The normalized spacial score (nSPS) is 15.1. The molecule has 10 heteroatoms. The smallest absolute Gasteiger partial charge is 0.267 e. The van der Waals surface area contributed by atoms with Crippen LogP contribution in [0, 0.1) is 13.8 Å². The van der Waals surface area contributed by atoms with Crippen LogP contribution in [0.3, 0.4) is 0 Å². The van der Waals surface area contributed by atoms with Gasteiger partial charge in [-0.25, -0.2) is 18.1 Å². The molecular formula is C21H26N6O3S. The van der Waals surface area contributed by atoms with Gasteiger partial charge in [0.1, 0.15) is 11.0 Å². The Bertz CT molecular complexity index is 1170. The molecule has 2 N–H and O–H groups in total. The molecule has 9 nitrogen and oxygen atoms in total. The zero-order chi connectivity index (χ0) is 22.0. The predicted octanol–water partition coefficient (Wildman–Crippen LogP) is 2.43. The first-order chi connectivity index (χ1) is 14.8. The topological polar surface area (TPSA) is 111 Å². The molecule has 1 fully saturated rings. The SMILES string of the molecule is Cc1cccc(C)c1-c1cc(OC2CCNCC2)nc(NS(=O)(=O)c2cnn(C)c2)n1. The number of anilines is 1. The van der Waals surface area contributed by atoms with E-state index in [2.05, 4.69) is 25.1 Å². The standard InChI is InChI=1S/C21H26N6O3S/c1-14-5-4-6-15(2)20(14)18-11-19(30-16-7-9-22-10-8-16)25-21(24-18)26-31(28,29)17-12-23-27(3)13-17/h4-6,11-13,16,22H,7-10H2,1-3H3,(H,24,25,26). The lowest BCUT2D eigenvalue weighted by atomic mass is 10.00. The molecule has 0 amide bonds. The summed E-state index contributed by atoms with van der Waals surface area (Å²) in [6.45, 7) is 5.74. The number of sulfonamides is 1. The summed E-state index contributed by atoms with van der Waals surface area (Å²) in [5.74, 6) is 0.316. The van der Waals surface area contributed by atoms with E-state index in [9.17, 15) is 8.42 Å². The van der Waals surface area contributed by atoms with E-state index in [1.165, 1.54) is 17.1 Å². The molecular weight excluding hydrogens is 416 g/mol. The Morgan fingerprint density at radius 3 is 2.52 bits per heavy atom. The first-order valence-electron chi connectivity index (χ1n) is 10.2. The van der Waals surface area contributed by atoms with Gasteiger partial charge in [-0.15, -0.1) is 0 Å². The molecule has 0 radical (unpaired) electrons. The maximum Gasteiger partial charge on any atom is 0.267 e. The summed E-state index contributed by atoms with van der Waals surface area (Å²) in [5.41, 5.74) is 3.61. The van der Waals surface area contributed by atoms with Gasteiger partial charge in [-0.05, 0) is 50.9 Å². The Hall–Kier alpha value is -2.98. The number of benzene rings is 1. The zero-order valence-electron chi connectivity index (χ0n) is 17.8. The fourth-order valence-electron chi connectivity index (χ4n) is 3.68. The molecule has 31 heavy (non-hydrogen) atoms. The van der Waals surface area contributed by atoms with Crippen molar-refractivity contribution >= 4 is 16.0 Å². The maximum absolute atomic E-state index is 12.8. The second kappa shape index (κ2) is 8.64. The Morgan fingerprint density at radius 1 is 1.16 bits per heavy atom. The van der Waals surface area contributed by atoms with E-state index in [1.54, 1.807) is 13.1 Å². The van der Waals surface area contributed by atoms with Gasteiger partial charge in [0.2, 0.25) is 11.8 Å². The Balaban J connectivity index is 1.74. The zero-order valence-corrected chi connectivity index (χ0v) is 18.6. The molecule has 0 spiro atoms. The number of hydrogen-bond acceptors (Lipinski definition) is 7. The van der Waals surface area contributed by atoms with Crippen LogP contribution in [0.4, 0.5) is 5.95 Å². The van der Waals surface area contributed by atoms with Crippen LogP contribution in [0.2, 0.25) is 0 Å². The van der Waals surface area contributed by atoms with Crippen molar-refractivity contribution in [3.8, 4) is 17.1 Å². The van der Waals surface area contributed by atoms with E-state index in [-0.39, 0.29) is 16.9 Å². The second-order valence-electron chi connectivity index (χ2n) is 7.70. The van der Waals surface area contributed by atoms with Crippen LogP contribution in [0.5, 0.6) is 5.88 Å². The van der Waals surface area contributed by atoms with Crippen LogP contribution in [-0.2, 0) is 17.1 Å². The monoisotopic (exact) mass is 442 g/mol. The van der Waals surface area contributed by atoms with Crippen molar-refractivity contribution in [2.45, 2.75) is 37.7 Å². The fourth-order valence-corrected chi connectivity index (χ4v) is 4.60. The van der Waals surface area contributed by atoms with Crippen LogP contribution in [0.25, 0.3) is 11.3 Å². The number of hydrogen-bond donors (Lipinski definition) is 2. The molecule has 0 saturated carbocycles. The van der Waals surface area contributed by atoms with Crippen molar-refractivity contribution in [3.05, 3.63) is 47.8 Å². The number of ether oxygens (including phenoxy) is 1. The molecule has 4 rings (SSSR count). The molecule has 3 heterocycles. The molecule has 1 aliphatic heterocycles. The molecule has 0 atom stereocenters. The summed E-state index contributed by atoms with van der Waals surface area (Å²) in [7, 11) is -2.23. The van der Waals surface area contributed by atoms with Gasteiger partial charge in [0, 0.05) is 24.9 Å². The predicted molar refractivity (Wildman–Crippen MR) is 117 cm³/mol. The third-order valence-corrected chi connectivity index (χ3v) is 6.51. The number of aryl methyl sites for hydroxylation is 3. The third kappa shape index (κ3) is 4.86. The maximum atomic E-state index is 12.8. The van der Waals surface area contributed by atoms with Crippen LogP contribution >= 0.6 is 0 Å². The van der Waals surface area contributed by atoms with Crippen molar-refractivity contribution < 1.29 is 13.2 Å². The first-order valence-corrected chi connectivity index (χ1v) is 11.6. The molecule has 164 valence electrons. The summed E-state index contributed by atoms with van der Waals surface area (Å²) in [5, 5.41) is 7.24. The van der Waals surface area contributed by atoms with E-state index in [0.29, 0.717) is 11.6 Å². The second-order valence-corrected chi connectivity index (χ2v) is 9.39. The Kier molecular flexibility index (Phi) is 5.92. The van der Waals surface area contributed by atoms with E-state index in [1.807, 2.05) is 32.0 Å². The largest absolute Gasteiger partial charge is 0.474 e. The van der Waals surface area contributed by atoms with E-state index in [0.717, 1.165) is 42.6 Å². The highest BCUT2D eigenvalue weighted by molar-refractivity contribution is 7.92. The van der Waals surface area contributed by atoms with Crippen LogP contribution in [-0.4, -0.2) is 47.4 Å². The molecule has 1 saturated heterocycles. The van der Waals surface area contributed by atoms with Gasteiger partial charge in [-0.3, -0.25) is 4.68 Å². The average Bonchev–Trinajstić information content (AvgIpc) is 3.16. The van der Waals surface area contributed by atoms with Gasteiger partial charge in [-0.2, -0.15) is 10.1 Å². The molecule has 0 aliphatic carbocycles. The van der Waals surface area contributed by atoms with Gasteiger partial charge in [0.15, 0.2) is 0 Å². The van der Waals surface area contributed by atoms with E-state index in [4.69, 9.17) is 4.74 Å².